The molecule has 2 amide bonds. The molecular weight excluding hydrogens is 900 g/mol. The van der Waals surface area contributed by atoms with Gasteiger partial charge in [0.25, 0.3) is 0 Å². The number of nitriles is 1. The molecule has 4 fully saturated rings. The molecule has 1 aromatic carbocycles. The van der Waals surface area contributed by atoms with Gasteiger partial charge in [0, 0.05) is 54.3 Å². The molecule has 0 radical (unpaired) electrons. The largest absolute Gasteiger partial charge is 0.477 e. The van der Waals surface area contributed by atoms with E-state index in [1.165, 1.54) is 23.7 Å². The fourth-order valence-electron chi connectivity index (χ4n) is 12.2. The van der Waals surface area contributed by atoms with Gasteiger partial charge in [0.05, 0.1) is 58.9 Å². The third-order valence-corrected chi connectivity index (χ3v) is 17.2. The molecule has 1 saturated carbocycles. The third kappa shape index (κ3) is 7.75. The number of nitrogens with one attached hydrogen (secondary N) is 1. The first kappa shape index (κ1) is 43.7. The molecule has 6 aliphatic rings. The minimum atomic E-state index is -0.581. The van der Waals surface area contributed by atoms with Gasteiger partial charge < -0.3 is 29.5 Å². The van der Waals surface area contributed by atoms with E-state index in [0.717, 1.165) is 137 Å². The van der Waals surface area contributed by atoms with Crippen LogP contribution in [0.25, 0.3) is 22.4 Å². The smallest absolute Gasteiger partial charge is 0.235 e. The first-order valence-electron chi connectivity index (χ1n) is 24.2. The Hall–Kier alpha value is -6.52. The summed E-state index contributed by atoms with van der Waals surface area (Å²) in [6.07, 6.45) is 16.7. The first-order chi connectivity index (χ1) is 33.5. The minimum absolute atomic E-state index is 0.00622. The molecule has 1 unspecified atom stereocenters. The molecule has 69 heavy (non-hydrogen) atoms. The Morgan fingerprint density at radius 1 is 0.971 bits per heavy atom. The van der Waals surface area contributed by atoms with Gasteiger partial charge in [-0.25, -0.2) is 14.4 Å². The van der Waals surface area contributed by atoms with Crippen molar-refractivity contribution in [3.05, 3.63) is 75.8 Å². The molecule has 6 aromatic rings. The van der Waals surface area contributed by atoms with Crippen molar-refractivity contribution >= 4 is 44.7 Å². The van der Waals surface area contributed by atoms with Gasteiger partial charge in [0.2, 0.25) is 23.6 Å². The van der Waals surface area contributed by atoms with Crippen molar-refractivity contribution < 1.29 is 28.0 Å². The Morgan fingerprint density at radius 3 is 2.48 bits per heavy atom. The summed E-state index contributed by atoms with van der Waals surface area (Å²) in [5, 5.41) is 23.1. The van der Waals surface area contributed by atoms with Crippen LogP contribution in [-0.4, -0.2) is 90.9 Å². The highest BCUT2D eigenvalue weighted by molar-refractivity contribution is 7.16. The highest BCUT2D eigenvalue weighted by atomic mass is 32.1. The number of nitrogens with two attached hydrogens (primary N) is 1. The highest BCUT2D eigenvalue weighted by Gasteiger charge is 2.50. The lowest BCUT2D eigenvalue weighted by Crippen LogP contribution is -2.48. The Labute approximate surface area is 401 Å². The zero-order valence-electron chi connectivity index (χ0n) is 38.6. The van der Waals surface area contributed by atoms with E-state index < -0.39 is 11.3 Å². The number of fused-ring (bicyclic) bond motifs is 5. The van der Waals surface area contributed by atoms with Gasteiger partial charge in [0.15, 0.2) is 23.0 Å². The summed E-state index contributed by atoms with van der Waals surface area (Å²) in [5.41, 5.74) is 11.1. The van der Waals surface area contributed by atoms with Crippen molar-refractivity contribution in [2.45, 2.75) is 101 Å². The summed E-state index contributed by atoms with van der Waals surface area (Å²) in [6, 6.07) is 7.50. The number of imide groups is 1. The summed E-state index contributed by atoms with van der Waals surface area (Å²) in [5.74, 6) is 0.652. The second kappa shape index (κ2) is 16.9. The summed E-state index contributed by atoms with van der Waals surface area (Å²) in [6.45, 7) is 4.98. The Morgan fingerprint density at radius 2 is 1.72 bits per heavy atom. The number of hydrogen-bond acceptors (Lipinski definition) is 16. The molecule has 12 rings (SSSR count). The Kier molecular flexibility index (Phi) is 10.7. The monoisotopic (exact) mass is 952 g/mol. The molecule has 2 atom stereocenters. The number of carbonyl (C=O) groups excluding carboxylic acids is 2. The van der Waals surface area contributed by atoms with Crippen LogP contribution in [0.2, 0.25) is 0 Å². The van der Waals surface area contributed by atoms with E-state index in [0.29, 0.717) is 63.5 Å². The number of anilines is 2. The number of aryl methyl sites for hydroxylation is 2. The molecule has 0 bridgehead atoms. The van der Waals surface area contributed by atoms with E-state index in [1.54, 1.807) is 23.1 Å². The van der Waals surface area contributed by atoms with E-state index in [-0.39, 0.29) is 40.8 Å². The number of nitrogen functional groups attached to an aromatic ring is 1. The molecule has 8 heterocycles. The van der Waals surface area contributed by atoms with Gasteiger partial charge in [-0.1, -0.05) is 5.16 Å². The van der Waals surface area contributed by atoms with Gasteiger partial charge >= 0.3 is 0 Å². The fraction of sp³-hybridized carbons (Fsp3) is 0.500. The molecule has 2 spiro atoms. The first-order valence-corrected chi connectivity index (χ1v) is 25.1. The number of halogens is 1. The molecular formula is C50H53FN12O5S. The van der Waals surface area contributed by atoms with Crippen LogP contribution in [0.1, 0.15) is 116 Å². The van der Waals surface area contributed by atoms with Crippen LogP contribution >= 0.6 is 11.3 Å². The fourth-order valence-corrected chi connectivity index (χ4v) is 13.4. The number of hydrogen-bond donors (Lipinski definition) is 2. The van der Waals surface area contributed by atoms with Gasteiger partial charge in [-0.05, 0) is 120 Å². The number of rotatable bonds is 10. The number of thiophene rings is 1. The maximum absolute atomic E-state index is 15.9. The number of piperidine rings is 3. The normalized spacial score (nSPS) is 22.9. The third-order valence-electron chi connectivity index (χ3n) is 16.2. The van der Waals surface area contributed by atoms with E-state index >= 15 is 4.39 Å². The lowest BCUT2D eigenvalue weighted by atomic mass is 9.63. The quantitative estimate of drug-likeness (QED) is 0.129. The molecule has 356 valence electrons. The van der Waals surface area contributed by atoms with Crippen LogP contribution in [0.4, 0.5) is 15.1 Å². The second-order valence-electron chi connectivity index (χ2n) is 20.3. The van der Waals surface area contributed by atoms with E-state index in [1.807, 2.05) is 13.1 Å². The van der Waals surface area contributed by atoms with E-state index in [2.05, 4.69) is 41.4 Å². The van der Waals surface area contributed by atoms with Crippen molar-refractivity contribution in [1.29, 1.82) is 5.26 Å². The molecule has 17 nitrogen and oxygen atoms in total. The SMILES string of the molecule is Cn1nc(C2CCC(=O)NC2=O)c2cc(F)c(N3CCC4(CCN(CC5(COc6cc(Oc7cncnc7)nc(-c7noc8c7CCC[C@@]87CCCc8sc(N)c(C#N)c87)n6)CC5)CC4)CC3)cc21. The zero-order chi connectivity index (χ0) is 47.1. The van der Waals surface area contributed by atoms with Gasteiger partial charge in [-0.3, -0.25) is 19.6 Å². The van der Waals surface area contributed by atoms with Gasteiger partial charge in [-0.15, -0.1) is 11.3 Å². The molecule has 5 aromatic heterocycles. The number of amides is 2. The molecule has 3 N–H and O–H groups in total. The molecule has 3 aliphatic heterocycles. The highest BCUT2D eigenvalue weighted by Crippen LogP contribution is 2.55. The summed E-state index contributed by atoms with van der Waals surface area (Å²) in [4.78, 5) is 48.4. The maximum Gasteiger partial charge on any atom is 0.235 e. The lowest BCUT2D eigenvalue weighted by Gasteiger charge is -2.48. The molecule has 3 aliphatic carbocycles. The summed E-state index contributed by atoms with van der Waals surface area (Å²) in [7, 11) is 1.82. The average Bonchev–Trinajstić information content (AvgIpc) is 3.64. The summed E-state index contributed by atoms with van der Waals surface area (Å²) >= 11 is 1.52. The van der Waals surface area contributed by atoms with E-state index in [9.17, 15) is 14.9 Å². The lowest BCUT2D eigenvalue weighted by molar-refractivity contribution is -0.134. The minimum Gasteiger partial charge on any atom is -0.477 e. The van der Waals surface area contributed by atoms with E-state index in [4.69, 9.17) is 29.7 Å². The zero-order valence-corrected chi connectivity index (χ0v) is 39.4. The van der Waals surface area contributed by atoms with Crippen molar-refractivity contribution in [2.75, 3.05) is 50.0 Å². The van der Waals surface area contributed by atoms with Crippen LogP contribution in [0.5, 0.6) is 17.5 Å². The van der Waals surface area contributed by atoms with Gasteiger partial charge in [0.1, 0.15) is 23.2 Å². The predicted octanol–water partition coefficient (Wildman–Crippen LogP) is 7.28. The number of likely N-dealkylation sites (tertiary alicyclic amines) is 1. The Bertz CT molecular complexity index is 3050. The predicted molar refractivity (Wildman–Crippen MR) is 252 cm³/mol. The topological polar surface area (TPSA) is 216 Å². The van der Waals surface area contributed by atoms with Gasteiger partial charge in [-0.2, -0.15) is 20.3 Å². The van der Waals surface area contributed by atoms with Crippen molar-refractivity contribution in [2.24, 2.45) is 17.9 Å². The van der Waals surface area contributed by atoms with Crippen LogP contribution in [-0.2, 0) is 34.9 Å². The van der Waals surface area contributed by atoms with Crippen LogP contribution in [0.15, 0.2) is 41.4 Å². The number of benzene rings is 1. The Balaban J connectivity index is 0.716. The van der Waals surface area contributed by atoms with Crippen LogP contribution < -0.4 is 25.4 Å². The maximum atomic E-state index is 15.9. The number of carbonyl (C=O) groups is 2. The van der Waals surface area contributed by atoms with Crippen molar-refractivity contribution in [3.8, 4) is 35.1 Å². The number of nitrogens with zero attached hydrogens (tertiary/aromatic N) is 10. The summed E-state index contributed by atoms with van der Waals surface area (Å²) < 4.78 is 36.7. The van der Waals surface area contributed by atoms with Crippen molar-refractivity contribution in [3.63, 3.8) is 0 Å². The second-order valence-corrected chi connectivity index (χ2v) is 21.4. The van der Waals surface area contributed by atoms with Crippen LogP contribution in [0.3, 0.4) is 0 Å². The molecule has 3 saturated heterocycles. The number of aromatic nitrogens is 7. The number of ether oxygens (including phenoxy) is 2. The van der Waals surface area contributed by atoms with Crippen LogP contribution in [0, 0.1) is 28.0 Å². The molecule has 19 heteroatoms. The average molecular weight is 953 g/mol. The van der Waals surface area contributed by atoms with Crippen molar-refractivity contribution in [1.82, 2.24) is 45.1 Å². The standard InChI is InChI=1S/C50H53FN12O5S/c1-61-35-21-36(34(51)20-32(35)42(59-61)31-6-7-38(64)56-47(31)65)63-18-14-48(15-19-63)12-16-62(17-13-48)26-49(10-11-49)27-66-39-22-40(67-29-24-54-28-55-25-29)58-46(57-39)43-30-4-2-8-50(44(30)68-60-43)9-3-5-37-41(50)33(23-52)45(53)69-37/h20-22,24-25,28,31H,2-19,26-27,53H2,1H3,(H,56,64,65)/t31?,50-/m0/s1.